The van der Waals surface area contributed by atoms with Crippen LogP contribution in [0.1, 0.15) is 12.6 Å². The van der Waals surface area contributed by atoms with Gasteiger partial charge in [0.25, 0.3) is 0 Å². The summed E-state index contributed by atoms with van der Waals surface area (Å²) in [4.78, 5) is 16.6. The van der Waals surface area contributed by atoms with Gasteiger partial charge in [0.2, 0.25) is 5.91 Å². The van der Waals surface area contributed by atoms with Crippen molar-refractivity contribution in [2.24, 2.45) is 0 Å². The molecule has 1 aliphatic heterocycles. The van der Waals surface area contributed by atoms with Gasteiger partial charge in [-0.25, -0.2) is 0 Å². The zero-order chi connectivity index (χ0) is 15.0. The van der Waals surface area contributed by atoms with Crippen molar-refractivity contribution in [2.75, 3.05) is 33.2 Å². The molecule has 7 heteroatoms. The second-order valence-electron chi connectivity index (χ2n) is 5.62. The van der Waals surface area contributed by atoms with E-state index >= 15 is 0 Å². The molecule has 0 aromatic carbocycles. The summed E-state index contributed by atoms with van der Waals surface area (Å²) in [6.07, 6.45) is 1.80. The number of likely N-dealkylation sites (N-methyl/N-ethyl adjacent to an activating group) is 1. The lowest BCUT2D eigenvalue weighted by molar-refractivity contribution is -0.133. The van der Waals surface area contributed by atoms with E-state index in [0.29, 0.717) is 6.54 Å². The van der Waals surface area contributed by atoms with Gasteiger partial charge in [-0.1, -0.05) is 0 Å². The predicted octanol–water partition coefficient (Wildman–Crippen LogP) is 0.335. The van der Waals surface area contributed by atoms with Gasteiger partial charge in [-0.2, -0.15) is 10.2 Å². The minimum absolute atomic E-state index is 0.136. The number of fused-ring (bicyclic) bond motifs is 1. The van der Waals surface area contributed by atoms with E-state index in [9.17, 15) is 4.79 Å². The van der Waals surface area contributed by atoms with Gasteiger partial charge in [0.1, 0.15) is 17.6 Å². The molecule has 21 heavy (non-hydrogen) atoms. The van der Waals surface area contributed by atoms with Crippen LogP contribution in [-0.4, -0.2) is 68.5 Å². The van der Waals surface area contributed by atoms with Crippen molar-refractivity contribution < 1.29 is 4.79 Å². The second-order valence-corrected chi connectivity index (χ2v) is 5.62. The first kappa shape index (κ1) is 14.1. The molecule has 2 aromatic rings. The van der Waals surface area contributed by atoms with Crippen LogP contribution in [0.3, 0.4) is 0 Å². The lowest BCUT2D eigenvalue weighted by Gasteiger charge is -2.32. The third-order valence-corrected chi connectivity index (χ3v) is 4.15. The SMILES string of the molecule is CCn1nc(C)c2c1cnn2CC(=O)N1CCN(C)CC1. The first-order valence-corrected chi connectivity index (χ1v) is 7.45. The molecule has 0 atom stereocenters. The molecule has 1 fully saturated rings. The molecule has 0 N–H and O–H groups in total. The number of hydrogen-bond donors (Lipinski definition) is 0. The summed E-state index contributed by atoms with van der Waals surface area (Å²) in [5, 5.41) is 8.86. The van der Waals surface area contributed by atoms with E-state index in [1.807, 2.05) is 16.5 Å². The van der Waals surface area contributed by atoms with Crippen molar-refractivity contribution >= 4 is 16.9 Å². The highest BCUT2D eigenvalue weighted by Crippen LogP contribution is 2.18. The molecular weight excluding hydrogens is 268 g/mol. The largest absolute Gasteiger partial charge is 0.339 e. The Kier molecular flexibility index (Phi) is 3.67. The second kappa shape index (κ2) is 5.48. The maximum atomic E-state index is 12.4. The van der Waals surface area contributed by atoms with Crippen LogP contribution in [0.4, 0.5) is 0 Å². The molecule has 0 saturated carbocycles. The van der Waals surface area contributed by atoms with Crippen LogP contribution >= 0.6 is 0 Å². The fraction of sp³-hybridized carbons (Fsp3) is 0.643. The molecule has 0 bridgehead atoms. The van der Waals surface area contributed by atoms with Crippen molar-refractivity contribution in [3.05, 3.63) is 11.9 Å². The van der Waals surface area contributed by atoms with Crippen LogP contribution in [0.2, 0.25) is 0 Å². The molecule has 1 aliphatic rings. The first-order chi connectivity index (χ1) is 10.1. The molecule has 2 aromatic heterocycles. The minimum Gasteiger partial charge on any atom is -0.339 e. The van der Waals surface area contributed by atoms with Crippen molar-refractivity contribution in [3.63, 3.8) is 0 Å². The average Bonchev–Trinajstić information content (AvgIpc) is 3.02. The number of aromatic nitrogens is 4. The topological polar surface area (TPSA) is 59.2 Å². The Morgan fingerprint density at radius 2 is 1.95 bits per heavy atom. The number of aryl methyl sites for hydroxylation is 2. The highest BCUT2D eigenvalue weighted by Gasteiger charge is 2.21. The lowest BCUT2D eigenvalue weighted by Crippen LogP contribution is -2.48. The van der Waals surface area contributed by atoms with Gasteiger partial charge in [-0.05, 0) is 20.9 Å². The Labute approximate surface area is 124 Å². The summed E-state index contributed by atoms with van der Waals surface area (Å²) in [5.74, 6) is 0.136. The Balaban J connectivity index is 1.79. The zero-order valence-electron chi connectivity index (χ0n) is 12.9. The molecular formula is C14H22N6O. The van der Waals surface area contributed by atoms with Gasteiger partial charge in [-0.3, -0.25) is 14.2 Å². The lowest BCUT2D eigenvalue weighted by atomic mass is 10.3. The normalized spacial score (nSPS) is 16.8. The molecule has 1 saturated heterocycles. The summed E-state index contributed by atoms with van der Waals surface area (Å²) < 4.78 is 3.71. The highest BCUT2D eigenvalue weighted by atomic mass is 16.2. The molecule has 3 rings (SSSR count). The number of piperazine rings is 1. The number of rotatable bonds is 3. The summed E-state index contributed by atoms with van der Waals surface area (Å²) in [5.41, 5.74) is 2.90. The summed E-state index contributed by atoms with van der Waals surface area (Å²) in [6, 6.07) is 0. The van der Waals surface area contributed by atoms with Crippen LogP contribution in [0.15, 0.2) is 6.20 Å². The fourth-order valence-electron chi connectivity index (χ4n) is 2.86. The number of nitrogens with zero attached hydrogens (tertiary/aromatic N) is 6. The fourth-order valence-corrected chi connectivity index (χ4v) is 2.86. The van der Waals surface area contributed by atoms with E-state index in [-0.39, 0.29) is 5.91 Å². The molecule has 0 aliphatic carbocycles. The van der Waals surface area contributed by atoms with E-state index in [1.165, 1.54) is 0 Å². The van der Waals surface area contributed by atoms with Gasteiger partial charge in [0, 0.05) is 32.7 Å². The predicted molar refractivity (Wildman–Crippen MR) is 80.0 cm³/mol. The van der Waals surface area contributed by atoms with Crippen LogP contribution in [0.25, 0.3) is 11.0 Å². The number of amides is 1. The van der Waals surface area contributed by atoms with E-state index in [1.54, 1.807) is 10.9 Å². The third kappa shape index (κ3) is 2.53. The summed E-state index contributed by atoms with van der Waals surface area (Å²) >= 11 is 0. The van der Waals surface area contributed by atoms with Crippen LogP contribution < -0.4 is 0 Å². The van der Waals surface area contributed by atoms with Crippen LogP contribution in [-0.2, 0) is 17.9 Å². The Hall–Kier alpha value is -1.89. The number of carbonyl (C=O) groups is 1. The average molecular weight is 290 g/mol. The molecule has 1 amide bonds. The van der Waals surface area contributed by atoms with E-state index in [2.05, 4.69) is 29.1 Å². The van der Waals surface area contributed by atoms with E-state index in [0.717, 1.165) is 49.5 Å². The van der Waals surface area contributed by atoms with Crippen molar-refractivity contribution in [1.82, 2.24) is 29.4 Å². The third-order valence-electron chi connectivity index (χ3n) is 4.15. The van der Waals surface area contributed by atoms with Crippen molar-refractivity contribution in [3.8, 4) is 0 Å². The van der Waals surface area contributed by atoms with Gasteiger partial charge in [-0.15, -0.1) is 0 Å². The first-order valence-electron chi connectivity index (χ1n) is 7.45. The molecule has 3 heterocycles. The van der Waals surface area contributed by atoms with Crippen LogP contribution in [0, 0.1) is 6.92 Å². The van der Waals surface area contributed by atoms with E-state index in [4.69, 9.17) is 0 Å². The maximum absolute atomic E-state index is 12.4. The maximum Gasteiger partial charge on any atom is 0.244 e. The summed E-state index contributed by atoms with van der Waals surface area (Å²) in [7, 11) is 2.08. The number of carbonyl (C=O) groups excluding carboxylic acids is 1. The molecule has 0 unspecified atom stereocenters. The van der Waals surface area contributed by atoms with E-state index < -0.39 is 0 Å². The van der Waals surface area contributed by atoms with Gasteiger partial charge >= 0.3 is 0 Å². The molecule has 0 spiro atoms. The Morgan fingerprint density at radius 3 is 2.62 bits per heavy atom. The molecule has 7 nitrogen and oxygen atoms in total. The van der Waals surface area contributed by atoms with Gasteiger partial charge in [0.05, 0.1) is 11.9 Å². The highest BCUT2D eigenvalue weighted by molar-refractivity contribution is 5.81. The molecule has 0 radical (unpaired) electrons. The Morgan fingerprint density at radius 1 is 1.24 bits per heavy atom. The monoisotopic (exact) mass is 290 g/mol. The summed E-state index contributed by atoms with van der Waals surface area (Å²) in [6.45, 7) is 8.59. The number of hydrogen-bond acceptors (Lipinski definition) is 4. The van der Waals surface area contributed by atoms with Crippen molar-refractivity contribution in [1.29, 1.82) is 0 Å². The zero-order valence-corrected chi connectivity index (χ0v) is 12.9. The van der Waals surface area contributed by atoms with Gasteiger partial charge < -0.3 is 9.80 Å². The van der Waals surface area contributed by atoms with Gasteiger partial charge in [0.15, 0.2) is 0 Å². The standard InChI is InChI=1S/C14H22N6O/c1-4-19-12-9-15-20(14(12)11(2)16-19)10-13(21)18-7-5-17(3)6-8-18/h9H,4-8,10H2,1-3H3. The minimum atomic E-state index is 0.136. The van der Waals surface area contributed by atoms with Crippen LogP contribution in [0.5, 0.6) is 0 Å². The Bertz CT molecular complexity index is 650. The van der Waals surface area contributed by atoms with Crippen molar-refractivity contribution in [2.45, 2.75) is 26.9 Å². The smallest absolute Gasteiger partial charge is 0.244 e. The molecule has 114 valence electrons. The quantitative estimate of drug-likeness (QED) is 0.817.